The molecule has 0 aliphatic heterocycles. The molecule has 4 rings (SSSR count). The minimum absolute atomic E-state index is 0.300. The summed E-state index contributed by atoms with van der Waals surface area (Å²) in [4.78, 5) is 38.2. The molecule has 2 heterocycles. The van der Waals surface area contributed by atoms with E-state index in [0.717, 1.165) is 40.5 Å². The van der Waals surface area contributed by atoms with Gasteiger partial charge in [0.25, 0.3) is 0 Å². The first kappa shape index (κ1) is 22.9. The SMILES string of the molecule is CN(C)CCCNC(=O)C=CC(=O)Nc1ccc2ncnc(Nc3cccc4[nH]ccc34)c2c1. The molecule has 0 bridgehead atoms. The van der Waals surface area contributed by atoms with E-state index < -0.39 is 5.91 Å². The van der Waals surface area contributed by atoms with Gasteiger partial charge in [0.15, 0.2) is 0 Å². The zero-order valence-electron chi connectivity index (χ0n) is 19.1. The van der Waals surface area contributed by atoms with Crippen molar-refractivity contribution in [2.45, 2.75) is 6.42 Å². The topological polar surface area (TPSA) is 115 Å². The van der Waals surface area contributed by atoms with Crippen molar-refractivity contribution < 1.29 is 9.59 Å². The van der Waals surface area contributed by atoms with Crippen molar-refractivity contribution in [3.8, 4) is 0 Å². The Hall–Kier alpha value is -4.24. The van der Waals surface area contributed by atoms with E-state index in [1.54, 1.807) is 6.07 Å². The fourth-order valence-electron chi connectivity index (χ4n) is 3.56. The number of aromatic nitrogens is 3. The van der Waals surface area contributed by atoms with Crippen LogP contribution in [-0.4, -0.2) is 58.9 Å². The lowest BCUT2D eigenvalue weighted by Crippen LogP contribution is -2.25. The van der Waals surface area contributed by atoms with Gasteiger partial charge in [0, 0.05) is 52.6 Å². The second-order valence-electron chi connectivity index (χ2n) is 8.09. The molecule has 0 atom stereocenters. The largest absolute Gasteiger partial charge is 0.361 e. The first-order valence-corrected chi connectivity index (χ1v) is 11.0. The number of amides is 2. The maximum atomic E-state index is 12.3. The lowest BCUT2D eigenvalue weighted by Gasteiger charge is -2.11. The maximum Gasteiger partial charge on any atom is 0.248 e. The first-order chi connectivity index (χ1) is 16.5. The Morgan fingerprint density at radius 3 is 2.74 bits per heavy atom. The van der Waals surface area contributed by atoms with E-state index in [4.69, 9.17) is 0 Å². The van der Waals surface area contributed by atoms with E-state index >= 15 is 0 Å². The molecule has 9 nitrogen and oxygen atoms in total. The van der Waals surface area contributed by atoms with Crippen molar-refractivity contribution >= 4 is 50.8 Å². The molecule has 0 fully saturated rings. The standard InChI is InChI=1S/C25H27N7O2/c1-32(2)14-4-12-27-23(33)9-10-24(34)30-17-7-8-21-19(15-17)25(29-16-28-21)31-22-6-3-5-20-18(22)11-13-26-20/h3,5-11,13,15-16,26H,4,12,14H2,1-2H3,(H,27,33)(H,30,34)(H,28,29,31). The number of anilines is 3. The van der Waals surface area contributed by atoms with Crippen LogP contribution in [-0.2, 0) is 9.59 Å². The van der Waals surface area contributed by atoms with Crippen LogP contribution >= 0.6 is 0 Å². The monoisotopic (exact) mass is 457 g/mol. The zero-order chi connectivity index (χ0) is 23.9. The zero-order valence-corrected chi connectivity index (χ0v) is 19.1. The van der Waals surface area contributed by atoms with Crippen LogP contribution in [0.1, 0.15) is 6.42 Å². The number of hydrogen-bond acceptors (Lipinski definition) is 6. The Bertz CT molecular complexity index is 1340. The Balaban J connectivity index is 1.44. The Labute approximate surface area is 197 Å². The van der Waals surface area contributed by atoms with Crippen molar-refractivity contribution in [3.63, 3.8) is 0 Å². The van der Waals surface area contributed by atoms with Gasteiger partial charge in [-0.3, -0.25) is 9.59 Å². The van der Waals surface area contributed by atoms with E-state index in [9.17, 15) is 9.59 Å². The van der Waals surface area contributed by atoms with Crippen molar-refractivity contribution in [2.75, 3.05) is 37.8 Å². The normalized spacial score (nSPS) is 11.4. The van der Waals surface area contributed by atoms with Crippen molar-refractivity contribution in [3.05, 3.63) is 67.1 Å². The van der Waals surface area contributed by atoms with Gasteiger partial charge in [0.05, 0.1) is 5.52 Å². The van der Waals surface area contributed by atoms with Crippen LogP contribution < -0.4 is 16.0 Å². The second kappa shape index (κ2) is 10.6. The van der Waals surface area contributed by atoms with Gasteiger partial charge in [0.1, 0.15) is 12.1 Å². The van der Waals surface area contributed by atoms with Crippen LogP contribution in [0.3, 0.4) is 0 Å². The van der Waals surface area contributed by atoms with Crippen LogP contribution in [0.25, 0.3) is 21.8 Å². The van der Waals surface area contributed by atoms with E-state index in [1.165, 1.54) is 18.5 Å². The predicted octanol–water partition coefficient (Wildman–Crippen LogP) is 3.42. The van der Waals surface area contributed by atoms with Gasteiger partial charge in [-0.25, -0.2) is 9.97 Å². The third-order valence-corrected chi connectivity index (χ3v) is 5.22. The summed E-state index contributed by atoms with van der Waals surface area (Å²) in [5.41, 5.74) is 3.24. The van der Waals surface area contributed by atoms with E-state index in [0.29, 0.717) is 18.1 Å². The van der Waals surface area contributed by atoms with E-state index in [1.807, 2.05) is 61.6 Å². The van der Waals surface area contributed by atoms with Crippen LogP contribution in [0, 0.1) is 0 Å². The molecule has 9 heteroatoms. The number of carbonyl (C=O) groups is 2. The number of rotatable bonds is 9. The van der Waals surface area contributed by atoms with E-state index in [2.05, 4.69) is 30.9 Å². The molecule has 174 valence electrons. The average molecular weight is 458 g/mol. The number of aromatic amines is 1. The molecule has 2 aromatic carbocycles. The molecular weight excluding hydrogens is 430 g/mol. The molecule has 0 aliphatic carbocycles. The fraction of sp³-hybridized carbons (Fsp3) is 0.200. The lowest BCUT2D eigenvalue weighted by molar-refractivity contribution is -0.117. The third-order valence-electron chi connectivity index (χ3n) is 5.22. The molecule has 0 radical (unpaired) electrons. The lowest BCUT2D eigenvalue weighted by atomic mass is 10.2. The Kier molecular flexibility index (Phi) is 7.14. The molecule has 4 aromatic rings. The summed E-state index contributed by atoms with van der Waals surface area (Å²) in [5.74, 6) is -0.0695. The number of H-pyrrole nitrogens is 1. The highest BCUT2D eigenvalue weighted by atomic mass is 16.2. The van der Waals surface area contributed by atoms with Gasteiger partial charge in [-0.15, -0.1) is 0 Å². The van der Waals surface area contributed by atoms with Gasteiger partial charge >= 0.3 is 0 Å². The van der Waals surface area contributed by atoms with Crippen LogP contribution in [0.15, 0.2) is 67.1 Å². The second-order valence-corrected chi connectivity index (χ2v) is 8.09. The number of nitrogens with one attached hydrogen (secondary N) is 4. The molecule has 0 spiro atoms. The molecule has 0 saturated heterocycles. The van der Waals surface area contributed by atoms with Crippen LogP contribution in [0.5, 0.6) is 0 Å². The molecule has 0 unspecified atom stereocenters. The summed E-state index contributed by atoms with van der Waals surface area (Å²) >= 11 is 0. The van der Waals surface area contributed by atoms with Gasteiger partial charge in [-0.2, -0.15) is 0 Å². The van der Waals surface area contributed by atoms with Gasteiger partial charge < -0.3 is 25.8 Å². The summed E-state index contributed by atoms with van der Waals surface area (Å²) in [7, 11) is 3.96. The molecule has 0 saturated carbocycles. The number of benzene rings is 2. The average Bonchev–Trinajstić information content (AvgIpc) is 3.31. The third kappa shape index (κ3) is 5.76. The Morgan fingerprint density at radius 1 is 1.03 bits per heavy atom. The number of hydrogen-bond donors (Lipinski definition) is 4. The van der Waals surface area contributed by atoms with Crippen LogP contribution in [0.2, 0.25) is 0 Å². The van der Waals surface area contributed by atoms with Gasteiger partial charge in [-0.1, -0.05) is 6.07 Å². The minimum atomic E-state index is -0.397. The fourth-order valence-corrected chi connectivity index (χ4v) is 3.56. The first-order valence-electron chi connectivity index (χ1n) is 11.0. The van der Waals surface area contributed by atoms with Crippen molar-refractivity contribution in [1.29, 1.82) is 0 Å². The highest BCUT2D eigenvalue weighted by Gasteiger charge is 2.09. The van der Waals surface area contributed by atoms with Crippen molar-refractivity contribution in [2.24, 2.45) is 0 Å². The van der Waals surface area contributed by atoms with Gasteiger partial charge in [-0.05, 0) is 63.5 Å². The number of fused-ring (bicyclic) bond motifs is 2. The highest BCUT2D eigenvalue weighted by molar-refractivity contribution is 6.05. The number of carbonyl (C=O) groups excluding carboxylic acids is 2. The molecule has 2 amide bonds. The molecule has 0 aliphatic rings. The number of nitrogens with zero attached hydrogens (tertiary/aromatic N) is 3. The van der Waals surface area contributed by atoms with Crippen LogP contribution in [0.4, 0.5) is 17.2 Å². The van der Waals surface area contributed by atoms with E-state index in [-0.39, 0.29) is 5.91 Å². The smallest absolute Gasteiger partial charge is 0.248 e. The summed E-state index contributed by atoms with van der Waals surface area (Å²) in [6.07, 6.45) is 6.69. The van der Waals surface area contributed by atoms with Crippen molar-refractivity contribution in [1.82, 2.24) is 25.2 Å². The predicted molar refractivity (Wildman–Crippen MR) is 135 cm³/mol. The van der Waals surface area contributed by atoms with Gasteiger partial charge in [0.2, 0.25) is 11.8 Å². The Morgan fingerprint density at radius 2 is 1.88 bits per heavy atom. The maximum absolute atomic E-state index is 12.3. The molecule has 34 heavy (non-hydrogen) atoms. The molecule has 2 aromatic heterocycles. The molecular formula is C25H27N7O2. The summed E-state index contributed by atoms with van der Waals surface area (Å²) in [6.45, 7) is 1.44. The summed E-state index contributed by atoms with van der Waals surface area (Å²) < 4.78 is 0. The molecule has 4 N–H and O–H groups in total. The summed E-state index contributed by atoms with van der Waals surface area (Å²) in [5, 5.41) is 10.7. The quantitative estimate of drug-likeness (QED) is 0.226. The summed E-state index contributed by atoms with van der Waals surface area (Å²) in [6, 6.07) is 13.3. The highest BCUT2D eigenvalue weighted by Crippen LogP contribution is 2.29. The minimum Gasteiger partial charge on any atom is -0.361 e.